The Labute approximate surface area is 131 Å². The van der Waals surface area contributed by atoms with E-state index in [1.54, 1.807) is 19.1 Å². The van der Waals surface area contributed by atoms with E-state index in [0.717, 1.165) is 5.56 Å². The molecular weight excluding hydrogens is 298 g/mol. The average molecular weight is 311 g/mol. The Hall–Kier alpha value is -3.22. The van der Waals surface area contributed by atoms with Gasteiger partial charge >= 0.3 is 0 Å². The number of nitrogens with zero attached hydrogens (tertiary/aromatic N) is 3. The summed E-state index contributed by atoms with van der Waals surface area (Å²) >= 11 is 0. The maximum absolute atomic E-state index is 10.8. The number of hydrogen-bond acceptors (Lipinski definition) is 6. The van der Waals surface area contributed by atoms with Crippen molar-refractivity contribution in [2.45, 2.75) is 13.5 Å². The molecule has 0 bridgehead atoms. The molecule has 2 aromatic carbocycles. The molecule has 0 atom stereocenters. The monoisotopic (exact) mass is 311 g/mol. The number of aromatic nitrogens is 2. The summed E-state index contributed by atoms with van der Waals surface area (Å²) in [4.78, 5) is 14.6. The Kier molecular flexibility index (Phi) is 4.01. The molecule has 1 aromatic heterocycles. The summed E-state index contributed by atoms with van der Waals surface area (Å²) < 4.78 is 10.7. The standard InChI is InChI=1S/C16H13N3O4/c1-11-9-13(7-8-14(11)19(20)21)22-10-15-17-16(18-23-15)12-5-3-2-4-6-12/h2-9H,10H2,1H3. The van der Waals surface area contributed by atoms with Crippen molar-refractivity contribution in [2.24, 2.45) is 0 Å². The van der Waals surface area contributed by atoms with Crippen molar-refractivity contribution < 1.29 is 14.2 Å². The number of rotatable bonds is 5. The lowest BCUT2D eigenvalue weighted by Crippen LogP contribution is -1.97. The number of nitro groups is 1. The average Bonchev–Trinajstić information content (AvgIpc) is 3.02. The minimum atomic E-state index is -0.427. The highest BCUT2D eigenvalue weighted by Crippen LogP contribution is 2.24. The number of hydrogen-bond donors (Lipinski definition) is 0. The van der Waals surface area contributed by atoms with Crippen LogP contribution in [0.5, 0.6) is 5.75 Å². The van der Waals surface area contributed by atoms with Gasteiger partial charge in [0.05, 0.1) is 4.92 Å². The van der Waals surface area contributed by atoms with Gasteiger partial charge in [0, 0.05) is 17.2 Å². The maximum Gasteiger partial charge on any atom is 0.272 e. The van der Waals surface area contributed by atoms with Crippen LogP contribution in [0.3, 0.4) is 0 Å². The second-order valence-electron chi connectivity index (χ2n) is 4.87. The van der Waals surface area contributed by atoms with Crippen molar-refractivity contribution in [1.82, 2.24) is 10.1 Å². The highest BCUT2D eigenvalue weighted by atomic mass is 16.6. The van der Waals surface area contributed by atoms with E-state index < -0.39 is 4.92 Å². The molecule has 0 amide bonds. The third-order valence-corrected chi connectivity index (χ3v) is 3.23. The Morgan fingerprint density at radius 1 is 1.22 bits per heavy atom. The maximum atomic E-state index is 10.8. The van der Waals surface area contributed by atoms with Crippen LogP contribution in [0.25, 0.3) is 11.4 Å². The van der Waals surface area contributed by atoms with Crippen LogP contribution in [-0.2, 0) is 6.61 Å². The Balaban J connectivity index is 1.68. The lowest BCUT2D eigenvalue weighted by atomic mass is 10.2. The van der Waals surface area contributed by atoms with Gasteiger partial charge in [0.1, 0.15) is 5.75 Å². The first-order valence-electron chi connectivity index (χ1n) is 6.89. The molecule has 0 spiro atoms. The first-order chi connectivity index (χ1) is 11.1. The smallest absolute Gasteiger partial charge is 0.272 e. The summed E-state index contributed by atoms with van der Waals surface area (Å²) in [6.45, 7) is 1.75. The van der Waals surface area contributed by atoms with Crippen LogP contribution in [0, 0.1) is 17.0 Å². The lowest BCUT2D eigenvalue weighted by Gasteiger charge is -2.04. The van der Waals surface area contributed by atoms with Crippen molar-refractivity contribution in [3.05, 3.63) is 70.1 Å². The SMILES string of the molecule is Cc1cc(OCc2nc(-c3ccccc3)no2)ccc1[N+](=O)[O-]. The third-order valence-electron chi connectivity index (χ3n) is 3.23. The second kappa shape index (κ2) is 6.27. The highest BCUT2D eigenvalue weighted by molar-refractivity contribution is 5.53. The minimum absolute atomic E-state index is 0.0569. The molecule has 0 radical (unpaired) electrons. The van der Waals surface area contributed by atoms with Gasteiger partial charge in [0.25, 0.3) is 11.6 Å². The Morgan fingerprint density at radius 2 is 2.00 bits per heavy atom. The van der Waals surface area contributed by atoms with Crippen molar-refractivity contribution in [3.63, 3.8) is 0 Å². The lowest BCUT2D eigenvalue weighted by molar-refractivity contribution is -0.385. The van der Waals surface area contributed by atoms with Gasteiger partial charge in [0.2, 0.25) is 5.82 Å². The van der Waals surface area contributed by atoms with Crippen molar-refractivity contribution in [1.29, 1.82) is 0 Å². The molecule has 0 saturated carbocycles. The molecular formula is C16H13N3O4. The molecule has 0 fully saturated rings. The molecule has 116 valence electrons. The topological polar surface area (TPSA) is 91.3 Å². The van der Waals surface area contributed by atoms with Crippen LogP contribution in [0.15, 0.2) is 53.1 Å². The zero-order chi connectivity index (χ0) is 16.2. The fourth-order valence-corrected chi connectivity index (χ4v) is 2.09. The summed E-state index contributed by atoms with van der Waals surface area (Å²) in [5.74, 6) is 1.33. The third kappa shape index (κ3) is 3.34. The van der Waals surface area contributed by atoms with E-state index >= 15 is 0 Å². The fraction of sp³-hybridized carbons (Fsp3) is 0.125. The normalized spacial score (nSPS) is 10.5. The van der Waals surface area contributed by atoms with E-state index in [-0.39, 0.29) is 12.3 Å². The van der Waals surface area contributed by atoms with Gasteiger partial charge in [-0.25, -0.2) is 0 Å². The van der Waals surface area contributed by atoms with Gasteiger partial charge in [-0.15, -0.1) is 0 Å². The number of ether oxygens (including phenoxy) is 1. The fourth-order valence-electron chi connectivity index (χ4n) is 2.09. The molecule has 0 aliphatic heterocycles. The van der Waals surface area contributed by atoms with Crippen LogP contribution in [-0.4, -0.2) is 15.1 Å². The number of benzene rings is 2. The van der Waals surface area contributed by atoms with Crippen LogP contribution in [0.2, 0.25) is 0 Å². The molecule has 7 nitrogen and oxygen atoms in total. The molecule has 0 aliphatic rings. The zero-order valence-corrected chi connectivity index (χ0v) is 12.3. The second-order valence-corrected chi connectivity index (χ2v) is 4.87. The molecule has 3 rings (SSSR count). The molecule has 0 aliphatic carbocycles. The van der Waals surface area contributed by atoms with Crippen molar-refractivity contribution in [2.75, 3.05) is 0 Å². The van der Waals surface area contributed by atoms with E-state index in [1.165, 1.54) is 6.07 Å². The van der Waals surface area contributed by atoms with Gasteiger partial charge < -0.3 is 9.26 Å². The van der Waals surface area contributed by atoms with E-state index in [1.807, 2.05) is 30.3 Å². The zero-order valence-electron chi connectivity index (χ0n) is 12.3. The van der Waals surface area contributed by atoms with Gasteiger partial charge in [-0.1, -0.05) is 35.5 Å². The summed E-state index contributed by atoms with van der Waals surface area (Å²) in [7, 11) is 0. The van der Waals surface area contributed by atoms with Crippen molar-refractivity contribution >= 4 is 5.69 Å². The summed E-state index contributed by atoms with van der Waals surface area (Å²) in [5.41, 5.74) is 1.44. The molecule has 7 heteroatoms. The first kappa shape index (κ1) is 14.7. The minimum Gasteiger partial charge on any atom is -0.484 e. The van der Waals surface area contributed by atoms with E-state index in [9.17, 15) is 10.1 Å². The van der Waals surface area contributed by atoms with Crippen molar-refractivity contribution in [3.8, 4) is 17.1 Å². The van der Waals surface area contributed by atoms with Crippen LogP contribution >= 0.6 is 0 Å². The summed E-state index contributed by atoms with van der Waals surface area (Å²) in [6, 6.07) is 14.0. The van der Waals surface area contributed by atoms with Gasteiger partial charge in [-0.3, -0.25) is 10.1 Å². The molecule has 1 heterocycles. The summed E-state index contributed by atoms with van der Waals surface area (Å²) in [5, 5.41) is 14.7. The largest absolute Gasteiger partial charge is 0.484 e. The molecule has 0 unspecified atom stereocenters. The van der Waals surface area contributed by atoms with Crippen LogP contribution < -0.4 is 4.74 Å². The van der Waals surface area contributed by atoms with Crippen LogP contribution in [0.4, 0.5) is 5.69 Å². The van der Waals surface area contributed by atoms with Gasteiger partial charge in [-0.05, 0) is 19.1 Å². The van der Waals surface area contributed by atoms with E-state index in [4.69, 9.17) is 9.26 Å². The Bertz CT molecular complexity index is 830. The van der Waals surface area contributed by atoms with E-state index in [0.29, 0.717) is 23.0 Å². The molecule has 23 heavy (non-hydrogen) atoms. The number of aryl methyl sites for hydroxylation is 1. The first-order valence-corrected chi connectivity index (χ1v) is 6.89. The summed E-state index contributed by atoms with van der Waals surface area (Å²) in [6.07, 6.45) is 0. The molecule has 0 saturated heterocycles. The number of nitro benzene ring substituents is 1. The molecule has 3 aromatic rings. The highest BCUT2D eigenvalue weighted by Gasteiger charge is 2.12. The van der Waals surface area contributed by atoms with Gasteiger partial charge in [0.15, 0.2) is 6.61 Å². The Morgan fingerprint density at radius 3 is 2.70 bits per heavy atom. The van der Waals surface area contributed by atoms with Gasteiger partial charge in [-0.2, -0.15) is 4.98 Å². The predicted molar refractivity (Wildman–Crippen MR) is 81.9 cm³/mol. The quantitative estimate of drug-likeness (QED) is 0.528. The predicted octanol–water partition coefficient (Wildman–Crippen LogP) is 3.53. The van der Waals surface area contributed by atoms with Crippen LogP contribution in [0.1, 0.15) is 11.5 Å². The van der Waals surface area contributed by atoms with E-state index in [2.05, 4.69) is 10.1 Å². The molecule has 0 N–H and O–H groups in total.